The molecule has 0 saturated heterocycles. The number of benzene rings is 1. The normalized spacial score (nSPS) is 14.8. The third-order valence-corrected chi connectivity index (χ3v) is 1.97. The Bertz CT molecular complexity index is 317. The summed E-state index contributed by atoms with van der Waals surface area (Å²) < 4.78 is 0. The van der Waals surface area contributed by atoms with E-state index in [1.54, 1.807) is 24.3 Å². The van der Waals surface area contributed by atoms with Gasteiger partial charge in [0.15, 0.2) is 6.10 Å². The molecule has 3 N–H and O–H groups in total. The van der Waals surface area contributed by atoms with Crippen molar-refractivity contribution in [2.75, 3.05) is 0 Å². The molecule has 0 fully saturated rings. The largest absolute Gasteiger partial charge is 0.479 e. The van der Waals surface area contributed by atoms with Crippen LogP contribution in [0.1, 0.15) is 17.2 Å². The standard InChI is InChI=1S/C10H12O4/c1-6-2-4-7(5-3-6)8(11)9(12)10(13)14/h2-5,8-9,11-12H,1H3,(H,13,14)/t8-,9+/m0/s1. The Morgan fingerprint density at radius 3 is 2.14 bits per heavy atom. The van der Waals surface area contributed by atoms with Gasteiger partial charge < -0.3 is 15.3 Å². The second kappa shape index (κ2) is 4.21. The first-order valence-corrected chi connectivity index (χ1v) is 4.18. The maximum Gasteiger partial charge on any atom is 0.335 e. The van der Waals surface area contributed by atoms with Gasteiger partial charge in [0.25, 0.3) is 0 Å². The van der Waals surface area contributed by atoms with Crippen LogP contribution in [0.4, 0.5) is 0 Å². The SMILES string of the molecule is Cc1ccc([C@H](O)[C@@H](O)C(=O)O)cc1. The molecule has 4 nitrogen and oxygen atoms in total. The topological polar surface area (TPSA) is 77.8 Å². The molecule has 4 heteroatoms. The van der Waals surface area contributed by atoms with Gasteiger partial charge in [0.05, 0.1) is 0 Å². The molecule has 2 atom stereocenters. The summed E-state index contributed by atoms with van der Waals surface area (Å²) in [7, 11) is 0. The molecule has 0 unspecified atom stereocenters. The average molecular weight is 196 g/mol. The van der Waals surface area contributed by atoms with E-state index in [2.05, 4.69) is 0 Å². The highest BCUT2D eigenvalue weighted by atomic mass is 16.4. The Kier molecular flexibility index (Phi) is 3.22. The van der Waals surface area contributed by atoms with Crippen molar-refractivity contribution >= 4 is 5.97 Å². The summed E-state index contributed by atoms with van der Waals surface area (Å²) in [5.41, 5.74) is 1.40. The molecular weight excluding hydrogens is 184 g/mol. The van der Waals surface area contributed by atoms with Gasteiger partial charge in [-0.25, -0.2) is 4.79 Å². The van der Waals surface area contributed by atoms with Crippen LogP contribution in [0.2, 0.25) is 0 Å². The number of carbonyl (C=O) groups is 1. The lowest BCUT2D eigenvalue weighted by Gasteiger charge is -2.14. The van der Waals surface area contributed by atoms with Crippen molar-refractivity contribution in [3.8, 4) is 0 Å². The minimum absolute atomic E-state index is 0.394. The van der Waals surface area contributed by atoms with Gasteiger partial charge in [0.1, 0.15) is 6.10 Å². The van der Waals surface area contributed by atoms with E-state index >= 15 is 0 Å². The molecule has 1 aromatic rings. The second-order valence-corrected chi connectivity index (χ2v) is 3.14. The van der Waals surface area contributed by atoms with Crippen LogP contribution in [-0.2, 0) is 4.79 Å². The van der Waals surface area contributed by atoms with Gasteiger partial charge in [-0.2, -0.15) is 0 Å². The number of hydrogen-bond acceptors (Lipinski definition) is 3. The number of aliphatic hydroxyl groups excluding tert-OH is 2. The van der Waals surface area contributed by atoms with Crippen LogP contribution in [0.3, 0.4) is 0 Å². The Hall–Kier alpha value is -1.39. The van der Waals surface area contributed by atoms with E-state index in [1.807, 2.05) is 6.92 Å². The zero-order valence-electron chi connectivity index (χ0n) is 7.71. The van der Waals surface area contributed by atoms with E-state index in [4.69, 9.17) is 10.2 Å². The van der Waals surface area contributed by atoms with E-state index in [0.717, 1.165) is 5.56 Å². The Morgan fingerprint density at radius 1 is 1.21 bits per heavy atom. The Morgan fingerprint density at radius 2 is 1.71 bits per heavy atom. The van der Waals surface area contributed by atoms with Gasteiger partial charge in [-0.15, -0.1) is 0 Å². The van der Waals surface area contributed by atoms with E-state index in [1.165, 1.54) is 0 Å². The van der Waals surface area contributed by atoms with Gasteiger partial charge in [-0.1, -0.05) is 29.8 Å². The fourth-order valence-corrected chi connectivity index (χ4v) is 1.08. The predicted octanol–water partition coefficient (Wildman–Crippen LogP) is 0.474. The molecule has 76 valence electrons. The molecule has 0 radical (unpaired) electrons. The van der Waals surface area contributed by atoms with Gasteiger partial charge in [-0.3, -0.25) is 0 Å². The minimum atomic E-state index is -1.78. The summed E-state index contributed by atoms with van der Waals surface area (Å²) in [6.07, 6.45) is -3.16. The first-order chi connectivity index (χ1) is 6.52. The van der Waals surface area contributed by atoms with E-state index in [0.29, 0.717) is 5.56 Å². The van der Waals surface area contributed by atoms with Gasteiger partial charge in [0.2, 0.25) is 0 Å². The number of rotatable bonds is 3. The smallest absolute Gasteiger partial charge is 0.335 e. The van der Waals surface area contributed by atoms with Crippen molar-refractivity contribution in [2.24, 2.45) is 0 Å². The van der Waals surface area contributed by atoms with E-state index < -0.39 is 18.2 Å². The van der Waals surface area contributed by atoms with Crippen molar-refractivity contribution in [3.05, 3.63) is 35.4 Å². The lowest BCUT2D eigenvalue weighted by molar-refractivity contribution is -0.153. The molecule has 0 aliphatic heterocycles. The highest BCUT2D eigenvalue weighted by Crippen LogP contribution is 2.17. The minimum Gasteiger partial charge on any atom is -0.479 e. The molecule has 0 aromatic heterocycles. The lowest BCUT2D eigenvalue weighted by atomic mass is 10.0. The molecular formula is C10H12O4. The number of aliphatic carboxylic acids is 1. The maximum absolute atomic E-state index is 10.4. The predicted molar refractivity (Wildman–Crippen MR) is 49.8 cm³/mol. The highest BCUT2D eigenvalue weighted by Gasteiger charge is 2.24. The van der Waals surface area contributed by atoms with Crippen LogP contribution < -0.4 is 0 Å². The van der Waals surface area contributed by atoms with Crippen LogP contribution in [0, 0.1) is 6.92 Å². The monoisotopic (exact) mass is 196 g/mol. The number of aryl methyl sites for hydroxylation is 1. The fraction of sp³-hybridized carbons (Fsp3) is 0.300. The molecule has 0 aliphatic carbocycles. The summed E-state index contributed by atoms with van der Waals surface area (Å²) in [4.78, 5) is 10.4. The summed E-state index contributed by atoms with van der Waals surface area (Å²) in [5.74, 6) is -1.43. The molecule has 0 heterocycles. The highest BCUT2D eigenvalue weighted by molar-refractivity contribution is 5.73. The van der Waals surface area contributed by atoms with Gasteiger partial charge >= 0.3 is 5.97 Å². The van der Waals surface area contributed by atoms with Crippen molar-refractivity contribution in [1.29, 1.82) is 0 Å². The molecule has 0 spiro atoms. The van der Waals surface area contributed by atoms with E-state index in [-0.39, 0.29) is 0 Å². The molecule has 0 amide bonds. The Balaban J connectivity index is 2.84. The Labute approximate surface area is 81.4 Å². The molecule has 0 bridgehead atoms. The van der Waals surface area contributed by atoms with Gasteiger partial charge in [-0.05, 0) is 12.5 Å². The molecule has 0 saturated carbocycles. The number of aliphatic hydroxyl groups is 2. The molecule has 14 heavy (non-hydrogen) atoms. The third kappa shape index (κ3) is 2.31. The van der Waals surface area contributed by atoms with Crippen molar-refractivity contribution in [1.82, 2.24) is 0 Å². The van der Waals surface area contributed by atoms with Crippen LogP contribution in [0.25, 0.3) is 0 Å². The summed E-state index contributed by atoms with van der Waals surface area (Å²) >= 11 is 0. The van der Waals surface area contributed by atoms with Crippen molar-refractivity contribution in [2.45, 2.75) is 19.1 Å². The maximum atomic E-state index is 10.4. The van der Waals surface area contributed by atoms with Crippen molar-refractivity contribution in [3.63, 3.8) is 0 Å². The number of carboxylic acid groups (broad SMARTS) is 1. The zero-order chi connectivity index (χ0) is 10.7. The average Bonchev–Trinajstić information content (AvgIpc) is 2.16. The van der Waals surface area contributed by atoms with Crippen LogP contribution in [0.5, 0.6) is 0 Å². The number of hydrogen-bond donors (Lipinski definition) is 3. The molecule has 1 aromatic carbocycles. The summed E-state index contributed by atoms with van der Waals surface area (Å²) in [6, 6.07) is 6.67. The second-order valence-electron chi connectivity index (χ2n) is 3.14. The quantitative estimate of drug-likeness (QED) is 0.656. The zero-order valence-corrected chi connectivity index (χ0v) is 7.71. The third-order valence-electron chi connectivity index (χ3n) is 1.97. The van der Waals surface area contributed by atoms with Crippen LogP contribution in [-0.4, -0.2) is 27.4 Å². The first kappa shape index (κ1) is 10.7. The summed E-state index contributed by atoms with van der Waals surface area (Å²) in [5, 5.41) is 26.9. The number of carboxylic acids is 1. The van der Waals surface area contributed by atoms with Crippen LogP contribution in [0.15, 0.2) is 24.3 Å². The van der Waals surface area contributed by atoms with Crippen LogP contribution >= 0.6 is 0 Å². The van der Waals surface area contributed by atoms with Gasteiger partial charge in [0, 0.05) is 0 Å². The molecule has 1 rings (SSSR count). The summed E-state index contributed by atoms with van der Waals surface area (Å²) in [6.45, 7) is 1.88. The van der Waals surface area contributed by atoms with Crippen molar-refractivity contribution < 1.29 is 20.1 Å². The van der Waals surface area contributed by atoms with E-state index in [9.17, 15) is 9.90 Å². The fourth-order valence-electron chi connectivity index (χ4n) is 1.08. The first-order valence-electron chi connectivity index (χ1n) is 4.18. The molecule has 0 aliphatic rings. The lowest BCUT2D eigenvalue weighted by Crippen LogP contribution is -2.27.